The second kappa shape index (κ2) is 6.34. The Hall–Kier alpha value is -2.84. The molecule has 0 atom stereocenters. The average Bonchev–Trinajstić information content (AvgIpc) is 2.92. The summed E-state index contributed by atoms with van der Waals surface area (Å²) in [6.45, 7) is -2.91. The van der Waals surface area contributed by atoms with Crippen LogP contribution in [-0.4, -0.2) is 40.2 Å². The highest BCUT2D eigenvalue weighted by Crippen LogP contribution is 2.25. The molecule has 0 saturated heterocycles. The fourth-order valence-electron chi connectivity index (χ4n) is 2.38. The van der Waals surface area contributed by atoms with Crippen LogP contribution in [0, 0.1) is 5.82 Å². The zero-order valence-corrected chi connectivity index (χ0v) is 12.9. The Bertz CT molecular complexity index is 865. The lowest BCUT2D eigenvalue weighted by molar-refractivity contribution is -0.0505. The van der Waals surface area contributed by atoms with E-state index < -0.39 is 12.4 Å². The Morgan fingerprint density at radius 2 is 2.00 bits per heavy atom. The van der Waals surface area contributed by atoms with E-state index >= 15 is 0 Å². The Morgan fingerprint density at radius 1 is 1.21 bits per heavy atom. The molecule has 3 rings (SSSR count). The largest absolute Gasteiger partial charge is 0.434 e. The summed E-state index contributed by atoms with van der Waals surface area (Å²) < 4.78 is 44.6. The summed E-state index contributed by atoms with van der Waals surface area (Å²) in [5.41, 5.74) is 1.34. The van der Waals surface area contributed by atoms with Crippen molar-refractivity contribution in [3.8, 4) is 5.75 Å². The summed E-state index contributed by atoms with van der Waals surface area (Å²) in [7, 11) is 3.64. The van der Waals surface area contributed by atoms with E-state index in [1.54, 1.807) is 9.47 Å². The molecule has 2 heterocycles. The molecule has 0 N–H and O–H groups in total. The van der Waals surface area contributed by atoms with E-state index in [0.717, 1.165) is 12.1 Å². The lowest BCUT2D eigenvalue weighted by atomic mass is 10.2. The van der Waals surface area contributed by atoms with Gasteiger partial charge in [-0.2, -0.15) is 8.78 Å². The van der Waals surface area contributed by atoms with Crippen molar-refractivity contribution in [1.82, 2.24) is 19.5 Å². The van der Waals surface area contributed by atoms with Crippen LogP contribution in [-0.2, 0) is 6.54 Å². The zero-order valence-electron chi connectivity index (χ0n) is 12.9. The number of ether oxygens (including phenoxy) is 1. The predicted molar refractivity (Wildman–Crippen MR) is 81.8 cm³/mol. The quantitative estimate of drug-likeness (QED) is 0.716. The standard InChI is InChI=1S/C15H14F3N5O/c1-22(2)13-12-14(20-7-19-13)23(8-21-12)6-9-5-10(16)3-4-11(9)24-15(17)18/h3-5,7-8,15H,6H2,1-2H3. The van der Waals surface area contributed by atoms with Crippen molar-refractivity contribution in [3.63, 3.8) is 0 Å². The third-order valence-corrected chi connectivity index (χ3v) is 3.38. The van der Waals surface area contributed by atoms with Gasteiger partial charge in [0.05, 0.1) is 12.9 Å². The van der Waals surface area contributed by atoms with Crippen LogP contribution in [0.5, 0.6) is 5.75 Å². The Labute approximate surface area is 135 Å². The molecule has 9 heteroatoms. The number of hydrogen-bond donors (Lipinski definition) is 0. The van der Waals surface area contributed by atoms with E-state index in [9.17, 15) is 13.2 Å². The SMILES string of the molecule is CN(C)c1ncnc2c1ncn2Cc1cc(F)ccc1OC(F)F. The van der Waals surface area contributed by atoms with Gasteiger partial charge >= 0.3 is 6.61 Å². The van der Waals surface area contributed by atoms with Crippen molar-refractivity contribution >= 4 is 17.0 Å². The summed E-state index contributed by atoms with van der Waals surface area (Å²) in [4.78, 5) is 14.4. The smallest absolute Gasteiger partial charge is 0.387 e. The van der Waals surface area contributed by atoms with Gasteiger partial charge in [-0.25, -0.2) is 19.3 Å². The van der Waals surface area contributed by atoms with E-state index in [0.29, 0.717) is 17.0 Å². The molecule has 0 aliphatic carbocycles. The Morgan fingerprint density at radius 3 is 2.71 bits per heavy atom. The third kappa shape index (κ3) is 3.10. The summed E-state index contributed by atoms with van der Waals surface area (Å²) in [5, 5.41) is 0. The first-order valence-corrected chi connectivity index (χ1v) is 7.02. The molecule has 1 aromatic carbocycles. The number of nitrogens with zero attached hydrogens (tertiary/aromatic N) is 5. The second-order valence-corrected chi connectivity index (χ2v) is 5.27. The Kier molecular flexibility index (Phi) is 4.24. The molecule has 0 unspecified atom stereocenters. The molecule has 24 heavy (non-hydrogen) atoms. The van der Waals surface area contributed by atoms with Gasteiger partial charge in [0.1, 0.15) is 17.9 Å². The zero-order chi connectivity index (χ0) is 17.3. The number of aromatic nitrogens is 4. The van der Waals surface area contributed by atoms with E-state index in [1.807, 2.05) is 14.1 Å². The van der Waals surface area contributed by atoms with Crippen molar-refractivity contribution in [3.05, 3.63) is 42.2 Å². The minimum Gasteiger partial charge on any atom is -0.434 e. The average molecular weight is 337 g/mol. The van der Waals surface area contributed by atoms with Gasteiger partial charge in [0.15, 0.2) is 17.0 Å². The molecule has 2 aromatic heterocycles. The minimum atomic E-state index is -2.99. The predicted octanol–water partition coefficient (Wildman–Crippen LogP) is 2.68. The normalized spacial score (nSPS) is 11.2. The van der Waals surface area contributed by atoms with Crippen LogP contribution in [0.2, 0.25) is 0 Å². The maximum Gasteiger partial charge on any atom is 0.387 e. The minimum absolute atomic E-state index is 0.0835. The molecule has 0 saturated carbocycles. The molecular weight excluding hydrogens is 323 g/mol. The number of anilines is 1. The third-order valence-electron chi connectivity index (χ3n) is 3.38. The van der Waals surface area contributed by atoms with Crippen molar-refractivity contribution in [2.45, 2.75) is 13.2 Å². The van der Waals surface area contributed by atoms with Crippen LogP contribution >= 0.6 is 0 Å². The number of benzene rings is 1. The number of fused-ring (bicyclic) bond motifs is 1. The summed E-state index contributed by atoms with van der Waals surface area (Å²) >= 11 is 0. The molecule has 0 fully saturated rings. The highest BCUT2D eigenvalue weighted by Gasteiger charge is 2.15. The van der Waals surface area contributed by atoms with Crippen molar-refractivity contribution in [1.29, 1.82) is 0 Å². The molecule has 0 radical (unpaired) electrons. The molecular formula is C15H14F3N5O. The van der Waals surface area contributed by atoms with Gasteiger partial charge in [-0.1, -0.05) is 0 Å². The second-order valence-electron chi connectivity index (χ2n) is 5.27. The number of halogens is 3. The Balaban J connectivity index is 2.02. The number of hydrogen-bond acceptors (Lipinski definition) is 5. The van der Waals surface area contributed by atoms with Crippen LogP contribution in [0.1, 0.15) is 5.56 Å². The molecule has 0 amide bonds. The van der Waals surface area contributed by atoms with Crippen LogP contribution in [0.15, 0.2) is 30.9 Å². The monoisotopic (exact) mass is 337 g/mol. The van der Waals surface area contributed by atoms with Crippen LogP contribution in [0.3, 0.4) is 0 Å². The number of rotatable bonds is 5. The van der Waals surface area contributed by atoms with Crippen molar-refractivity contribution in [2.24, 2.45) is 0 Å². The lowest BCUT2D eigenvalue weighted by Gasteiger charge is -2.13. The van der Waals surface area contributed by atoms with Gasteiger partial charge in [-0.3, -0.25) is 0 Å². The fraction of sp³-hybridized carbons (Fsp3) is 0.267. The number of alkyl halides is 2. The topological polar surface area (TPSA) is 56.1 Å². The van der Waals surface area contributed by atoms with Crippen LogP contribution in [0.25, 0.3) is 11.2 Å². The van der Waals surface area contributed by atoms with Gasteiger partial charge in [0, 0.05) is 19.7 Å². The van der Waals surface area contributed by atoms with E-state index in [2.05, 4.69) is 19.7 Å². The van der Waals surface area contributed by atoms with Gasteiger partial charge < -0.3 is 14.2 Å². The maximum atomic E-state index is 13.5. The van der Waals surface area contributed by atoms with Gasteiger partial charge in [-0.05, 0) is 18.2 Å². The van der Waals surface area contributed by atoms with Gasteiger partial charge in [0.2, 0.25) is 0 Å². The highest BCUT2D eigenvalue weighted by molar-refractivity contribution is 5.83. The van der Waals surface area contributed by atoms with Gasteiger partial charge in [-0.15, -0.1) is 0 Å². The fourth-order valence-corrected chi connectivity index (χ4v) is 2.38. The number of imidazole rings is 1. The summed E-state index contributed by atoms with van der Waals surface area (Å²) in [5.74, 6) is -0.00294. The molecule has 6 nitrogen and oxygen atoms in total. The molecule has 126 valence electrons. The van der Waals surface area contributed by atoms with Crippen molar-refractivity contribution in [2.75, 3.05) is 19.0 Å². The van der Waals surface area contributed by atoms with Gasteiger partial charge in [0.25, 0.3) is 0 Å². The van der Waals surface area contributed by atoms with Crippen LogP contribution < -0.4 is 9.64 Å². The molecule has 0 bridgehead atoms. The molecule has 3 aromatic rings. The maximum absolute atomic E-state index is 13.5. The molecule has 0 aliphatic heterocycles. The summed E-state index contributed by atoms with van der Waals surface area (Å²) in [6.07, 6.45) is 2.89. The first kappa shape index (κ1) is 16.0. The van der Waals surface area contributed by atoms with E-state index in [-0.39, 0.29) is 17.9 Å². The lowest BCUT2D eigenvalue weighted by Crippen LogP contribution is -2.12. The first-order chi connectivity index (χ1) is 11.5. The van der Waals surface area contributed by atoms with Crippen molar-refractivity contribution < 1.29 is 17.9 Å². The van der Waals surface area contributed by atoms with E-state index in [4.69, 9.17) is 0 Å². The first-order valence-electron chi connectivity index (χ1n) is 7.02. The van der Waals surface area contributed by atoms with Crippen LogP contribution in [0.4, 0.5) is 19.0 Å². The molecule has 0 aliphatic rings. The summed E-state index contributed by atoms with van der Waals surface area (Å²) in [6, 6.07) is 3.40. The van der Waals surface area contributed by atoms with E-state index in [1.165, 1.54) is 18.7 Å². The molecule has 0 spiro atoms. The highest BCUT2D eigenvalue weighted by atomic mass is 19.3.